The molecule has 0 bridgehead atoms. The second kappa shape index (κ2) is 11.9. The standard InChI is InChI=1S/2C7H13NO2.2ClH/c2*1-5-6(7(9)10)3-2-4-8-5;;/h2*5-6,8H,2-4H2,1H3,(H,9,10);2*1H/t2*5-,6+;;/m10../s1. The minimum atomic E-state index is -0.667. The topological polar surface area (TPSA) is 98.7 Å². The summed E-state index contributed by atoms with van der Waals surface area (Å²) < 4.78 is 0. The quantitative estimate of drug-likeness (QED) is 0.600. The summed E-state index contributed by atoms with van der Waals surface area (Å²) in [6.07, 6.45) is 3.62. The van der Waals surface area contributed by atoms with Gasteiger partial charge in [-0.3, -0.25) is 9.59 Å². The Labute approximate surface area is 144 Å². The van der Waals surface area contributed by atoms with Crippen LogP contribution in [0, 0.1) is 11.8 Å². The lowest BCUT2D eigenvalue weighted by Gasteiger charge is -2.26. The highest BCUT2D eigenvalue weighted by Gasteiger charge is 2.27. The van der Waals surface area contributed by atoms with Crippen LogP contribution in [0.15, 0.2) is 0 Å². The number of carboxylic acid groups (broad SMARTS) is 2. The van der Waals surface area contributed by atoms with E-state index in [4.69, 9.17) is 10.2 Å². The normalized spacial score (nSPS) is 30.6. The summed E-state index contributed by atoms with van der Waals surface area (Å²) in [7, 11) is 0. The molecule has 0 unspecified atom stereocenters. The van der Waals surface area contributed by atoms with E-state index in [-0.39, 0.29) is 48.7 Å². The molecule has 22 heavy (non-hydrogen) atoms. The molecule has 0 saturated carbocycles. The molecule has 0 radical (unpaired) electrons. The maximum atomic E-state index is 10.5. The van der Waals surface area contributed by atoms with Crippen molar-refractivity contribution in [1.29, 1.82) is 0 Å². The lowest BCUT2D eigenvalue weighted by molar-refractivity contribution is -0.144. The van der Waals surface area contributed by atoms with E-state index in [0.717, 1.165) is 38.8 Å². The molecule has 2 saturated heterocycles. The Kier molecular flexibility index (Phi) is 12.9. The molecule has 0 aromatic carbocycles. The summed E-state index contributed by atoms with van der Waals surface area (Å²) in [4.78, 5) is 21.0. The Morgan fingerprint density at radius 3 is 1.32 bits per heavy atom. The zero-order valence-corrected chi connectivity index (χ0v) is 14.7. The van der Waals surface area contributed by atoms with E-state index in [9.17, 15) is 9.59 Å². The van der Waals surface area contributed by atoms with Crippen molar-refractivity contribution in [2.75, 3.05) is 13.1 Å². The highest BCUT2D eigenvalue weighted by molar-refractivity contribution is 5.85. The molecule has 6 nitrogen and oxygen atoms in total. The van der Waals surface area contributed by atoms with Crippen molar-refractivity contribution in [3.8, 4) is 0 Å². The molecule has 4 N–H and O–H groups in total. The highest BCUT2D eigenvalue weighted by atomic mass is 35.5. The molecule has 0 aromatic rings. The number of hydrogen-bond donors (Lipinski definition) is 4. The van der Waals surface area contributed by atoms with Crippen molar-refractivity contribution in [2.24, 2.45) is 11.8 Å². The van der Waals surface area contributed by atoms with Crippen LogP contribution in [-0.4, -0.2) is 47.3 Å². The van der Waals surface area contributed by atoms with Crippen LogP contribution in [0.3, 0.4) is 0 Å². The van der Waals surface area contributed by atoms with Crippen molar-refractivity contribution in [3.05, 3.63) is 0 Å². The number of rotatable bonds is 2. The van der Waals surface area contributed by atoms with E-state index in [2.05, 4.69) is 10.6 Å². The lowest BCUT2D eigenvalue weighted by atomic mass is 9.92. The molecular weight excluding hydrogens is 331 g/mol. The van der Waals surface area contributed by atoms with Gasteiger partial charge in [0.2, 0.25) is 0 Å². The molecule has 0 amide bonds. The smallest absolute Gasteiger partial charge is 0.308 e. The Balaban J connectivity index is 0. The largest absolute Gasteiger partial charge is 0.481 e. The van der Waals surface area contributed by atoms with Gasteiger partial charge in [0.05, 0.1) is 11.8 Å². The number of hydrogen-bond acceptors (Lipinski definition) is 4. The second-order valence-electron chi connectivity index (χ2n) is 5.66. The summed E-state index contributed by atoms with van der Waals surface area (Å²) in [5, 5.41) is 23.6. The van der Waals surface area contributed by atoms with Gasteiger partial charge in [-0.05, 0) is 52.6 Å². The van der Waals surface area contributed by atoms with Gasteiger partial charge in [-0.1, -0.05) is 0 Å². The van der Waals surface area contributed by atoms with Crippen LogP contribution in [0.5, 0.6) is 0 Å². The van der Waals surface area contributed by atoms with Crippen LogP contribution < -0.4 is 10.6 Å². The molecule has 2 rings (SSSR count). The molecule has 0 spiro atoms. The third kappa shape index (κ3) is 7.63. The van der Waals surface area contributed by atoms with E-state index in [0.29, 0.717) is 0 Å². The third-order valence-electron chi connectivity index (χ3n) is 4.16. The number of halogens is 2. The molecule has 2 heterocycles. The SMILES string of the molecule is C[C@@H]1NCCC[C@H]1C(=O)O.C[C@H]1NCCC[C@@H]1C(=O)O.Cl.Cl. The Morgan fingerprint density at radius 1 is 0.818 bits per heavy atom. The van der Waals surface area contributed by atoms with Gasteiger partial charge in [0, 0.05) is 12.1 Å². The van der Waals surface area contributed by atoms with E-state index in [1.165, 1.54) is 0 Å². The fraction of sp³-hybridized carbons (Fsp3) is 0.857. The maximum Gasteiger partial charge on any atom is 0.308 e. The van der Waals surface area contributed by atoms with Crippen molar-refractivity contribution in [2.45, 2.75) is 51.6 Å². The predicted octanol–water partition coefficient (Wildman–Crippen LogP) is 1.76. The first-order valence-electron chi connectivity index (χ1n) is 7.36. The van der Waals surface area contributed by atoms with Gasteiger partial charge in [-0.25, -0.2) is 0 Å². The van der Waals surface area contributed by atoms with E-state index < -0.39 is 11.9 Å². The van der Waals surface area contributed by atoms with Crippen molar-refractivity contribution < 1.29 is 19.8 Å². The maximum absolute atomic E-state index is 10.5. The molecule has 2 fully saturated rings. The van der Waals surface area contributed by atoms with Crippen LogP contribution in [0.2, 0.25) is 0 Å². The van der Waals surface area contributed by atoms with Gasteiger partial charge in [0.1, 0.15) is 0 Å². The van der Waals surface area contributed by atoms with Crippen molar-refractivity contribution in [1.82, 2.24) is 10.6 Å². The summed E-state index contributed by atoms with van der Waals surface area (Å²) in [5.41, 5.74) is 0. The first kappa shape index (κ1) is 23.7. The first-order chi connectivity index (χ1) is 9.43. The minimum absolute atomic E-state index is 0. The number of piperidine rings is 2. The number of carboxylic acids is 2. The van der Waals surface area contributed by atoms with Gasteiger partial charge in [-0.15, -0.1) is 24.8 Å². The summed E-state index contributed by atoms with van der Waals surface area (Å²) in [6.45, 7) is 5.78. The van der Waals surface area contributed by atoms with Gasteiger partial charge < -0.3 is 20.8 Å². The zero-order chi connectivity index (χ0) is 15.1. The van der Waals surface area contributed by atoms with Gasteiger partial charge in [-0.2, -0.15) is 0 Å². The number of carbonyl (C=O) groups is 2. The second-order valence-corrected chi connectivity index (χ2v) is 5.66. The van der Waals surface area contributed by atoms with Crippen LogP contribution >= 0.6 is 24.8 Å². The number of nitrogens with one attached hydrogen (secondary N) is 2. The van der Waals surface area contributed by atoms with Gasteiger partial charge >= 0.3 is 11.9 Å². The molecule has 4 atom stereocenters. The Hall–Kier alpha value is -0.560. The molecular formula is C14H28Cl2N2O4. The van der Waals surface area contributed by atoms with Crippen molar-refractivity contribution in [3.63, 3.8) is 0 Å². The molecule has 2 aliphatic heterocycles. The first-order valence-corrected chi connectivity index (χ1v) is 7.36. The van der Waals surface area contributed by atoms with Crippen LogP contribution in [0.1, 0.15) is 39.5 Å². The van der Waals surface area contributed by atoms with Crippen LogP contribution in [0.25, 0.3) is 0 Å². The van der Waals surface area contributed by atoms with Gasteiger partial charge in [0.15, 0.2) is 0 Å². The Morgan fingerprint density at radius 2 is 1.14 bits per heavy atom. The molecule has 8 heteroatoms. The van der Waals surface area contributed by atoms with E-state index in [1.54, 1.807) is 0 Å². The fourth-order valence-electron chi connectivity index (χ4n) is 2.76. The monoisotopic (exact) mass is 358 g/mol. The van der Waals surface area contributed by atoms with E-state index >= 15 is 0 Å². The number of aliphatic carboxylic acids is 2. The molecule has 2 aliphatic rings. The summed E-state index contributed by atoms with van der Waals surface area (Å²) in [6, 6.07) is 0.289. The molecule has 0 aliphatic carbocycles. The molecule has 0 aromatic heterocycles. The van der Waals surface area contributed by atoms with Gasteiger partial charge in [0.25, 0.3) is 0 Å². The van der Waals surface area contributed by atoms with Crippen molar-refractivity contribution >= 4 is 36.8 Å². The molecule has 132 valence electrons. The van der Waals surface area contributed by atoms with Crippen LogP contribution in [-0.2, 0) is 9.59 Å². The summed E-state index contributed by atoms with van der Waals surface area (Å²) in [5.74, 6) is -1.68. The lowest BCUT2D eigenvalue weighted by Crippen LogP contribution is -2.42. The fourth-order valence-corrected chi connectivity index (χ4v) is 2.76. The summed E-state index contributed by atoms with van der Waals surface area (Å²) >= 11 is 0. The minimum Gasteiger partial charge on any atom is -0.481 e. The highest BCUT2D eigenvalue weighted by Crippen LogP contribution is 2.16. The average Bonchev–Trinajstić information content (AvgIpc) is 2.40. The Bertz CT molecular complexity index is 313. The predicted molar refractivity (Wildman–Crippen MR) is 90.1 cm³/mol. The average molecular weight is 359 g/mol. The van der Waals surface area contributed by atoms with E-state index in [1.807, 2.05) is 13.8 Å². The van der Waals surface area contributed by atoms with Crippen LogP contribution in [0.4, 0.5) is 0 Å². The zero-order valence-electron chi connectivity index (χ0n) is 13.1. The third-order valence-corrected chi connectivity index (χ3v) is 4.16.